The number of hydrogen-bond acceptors (Lipinski definition) is 5. The van der Waals surface area contributed by atoms with Crippen LogP contribution in [-0.4, -0.2) is 52.0 Å². The number of likely N-dealkylation sites (tertiary alicyclic amines) is 1. The molecule has 0 saturated carbocycles. The topological polar surface area (TPSA) is 39.1 Å². The van der Waals surface area contributed by atoms with Crippen molar-refractivity contribution in [3.8, 4) is 0 Å². The molecule has 1 spiro atoms. The van der Waals surface area contributed by atoms with Crippen LogP contribution in [0.3, 0.4) is 0 Å². The van der Waals surface area contributed by atoms with E-state index in [4.69, 9.17) is 4.99 Å². The summed E-state index contributed by atoms with van der Waals surface area (Å²) in [6.45, 7) is 5.03. The Kier molecular flexibility index (Phi) is 4.69. The van der Waals surface area contributed by atoms with Crippen molar-refractivity contribution in [2.45, 2.75) is 25.1 Å². The molecule has 0 amide bonds. The summed E-state index contributed by atoms with van der Waals surface area (Å²) >= 11 is 1.69. The molecule has 5 heteroatoms. The highest BCUT2D eigenvalue weighted by atomic mass is 32.2. The molecule has 146 valence electrons. The lowest BCUT2D eigenvalue weighted by molar-refractivity contribution is -0.0755. The van der Waals surface area contributed by atoms with Gasteiger partial charge in [-0.15, -0.1) is 0 Å². The molecule has 0 aromatic heterocycles. The minimum Gasteiger partial charge on any atom is -0.366 e. The third-order valence-corrected chi connectivity index (χ3v) is 7.68. The standard InChI is InChI=1S/C23H27N3OS/c27-23(20-9-5-2-6-10-20)18-28-21-24-16-22(17-26(21)23)11-13-25(14-12-22)15-19-7-3-1-4-8-19/h1-10,27H,11-18H2. The first kappa shape index (κ1) is 18.2. The Bertz CT molecular complexity index is 849. The summed E-state index contributed by atoms with van der Waals surface area (Å²) in [6, 6.07) is 20.8. The molecule has 3 aliphatic rings. The SMILES string of the molecule is OC1(c2ccccc2)CSC2=NCC3(CCN(Cc4ccccc4)CC3)CN21. The van der Waals surface area contributed by atoms with Crippen LogP contribution >= 0.6 is 11.8 Å². The van der Waals surface area contributed by atoms with Gasteiger partial charge in [0.2, 0.25) is 0 Å². The van der Waals surface area contributed by atoms with Gasteiger partial charge in [-0.25, -0.2) is 0 Å². The highest BCUT2D eigenvalue weighted by molar-refractivity contribution is 8.14. The Balaban J connectivity index is 1.30. The number of rotatable bonds is 3. The number of fused-ring (bicyclic) bond motifs is 1. The van der Waals surface area contributed by atoms with E-state index in [0.717, 1.165) is 56.3 Å². The monoisotopic (exact) mass is 393 g/mol. The maximum Gasteiger partial charge on any atom is 0.175 e. The maximum atomic E-state index is 11.5. The normalized spacial score (nSPS) is 26.9. The summed E-state index contributed by atoms with van der Waals surface area (Å²) in [5, 5.41) is 12.5. The van der Waals surface area contributed by atoms with E-state index in [0.29, 0.717) is 5.75 Å². The van der Waals surface area contributed by atoms with Crippen molar-refractivity contribution in [2.75, 3.05) is 31.9 Å². The number of benzene rings is 2. The van der Waals surface area contributed by atoms with E-state index in [2.05, 4.69) is 40.1 Å². The van der Waals surface area contributed by atoms with Crippen molar-refractivity contribution in [3.63, 3.8) is 0 Å². The van der Waals surface area contributed by atoms with Crippen molar-refractivity contribution < 1.29 is 5.11 Å². The van der Waals surface area contributed by atoms with Crippen LogP contribution in [0.15, 0.2) is 65.7 Å². The smallest absolute Gasteiger partial charge is 0.175 e. The fraction of sp³-hybridized carbons (Fsp3) is 0.435. The van der Waals surface area contributed by atoms with Gasteiger partial charge in [-0.05, 0) is 31.5 Å². The van der Waals surface area contributed by atoms with Gasteiger partial charge in [0.15, 0.2) is 10.9 Å². The third kappa shape index (κ3) is 3.25. The lowest BCUT2D eigenvalue weighted by Gasteiger charge is -2.48. The number of nitrogens with zero attached hydrogens (tertiary/aromatic N) is 3. The van der Waals surface area contributed by atoms with E-state index < -0.39 is 5.72 Å². The Hall–Kier alpha value is -1.82. The molecular weight excluding hydrogens is 366 g/mol. The molecular formula is C23H27N3OS. The zero-order valence-electron chi connectivity index (χ0n) is 16.1. The molecule has 2 aromatic rings. The van der Waals surface area contributed by atoms with Crippen LogP contribution in [0.4, 0.5) is 0 Å². The van der Waals surface area contributed by atoms with E-state index in [1.54, 1.807) is 11.8 Å². The third-order valence-electron chi connectivity index (χ3n) is 6.53. The highest BCUT2D eigenvalue weighted by Gasteiger charge is 2.51. The molecule has 2 fully saturated rings. The molecule has 1 N–H and O–H groups in total. The molecule has 4 nitrogen and oxygen atoms in total. The fourth-order valence-electron chi connectivity index (χ4n) is 4.72. The predicted molar refractivity (Wildman–Crippen MR) is 115 cm³/mol. The van der Waals surface area contributed by atoms with Crippen molar-refractivity contribution >= 4 is 16.9 Å². The molecule has 1 unspecified atom stereocenters. The number of aliphatic hydroxyl groups is 1. The zero-order chi connectivity index (χ0) is 19.0. The maximum absolute atomic E-state index is 11.5. The lowest BCUT2D eigenvalue weighted by Crippen LogP contribution is -2.56. The minimum absolute atomic E-state index is 0.185. The minimum atomic E-state index is -0.931. The molecule has 0 radical (unpaired) electrons. The predicted octanol–water partition coefficient (Wildman–Crippen LogP) is 3.53. The summed E-state index contributed by atoms with van der Waals surface area (Å²) in [4.78, 5) is 9.67. The van der Waals surface area contributed by atoms with Crippen LogP contribution in [0.5, 0.6) is 0 Å². The van der Waals surface area contributed by atoms with Gasteiger partial charge in [-0.2, -0.15) is 0 Å². The van der Waals surface area contributed by atoms with Gasteiger partial charge in [-0.3, -0.25) is 9.89 Å². The number of amidine groups is 1. The van der Waals surface area contributed by atoms with Gasteiger partial charge in [0.1, 0.15) is 0 Å². The summed E-state index contributed by atoms with van der Waals surface area (Å²) < 4.78 is 0. The molecule has 5 rings (SSSR count). The van der Waals surface area contributed by atoms with Crippen LogP contribution in [0.2, 0.25) is 0 Å². The molecule has 3 heterocycles. The van der Waals surface area contributed by atoms with E-state index in [9.17, 15) is 5.11 Å². The van der Waals surface area contributed by atoms with Gasteiger partial charge in [0, 0.05) is 30.6 Å². The van der Waals surface area contributed by atoms with Crippen LogP contribution in [0, 0.1) is 5.41 Å². The Morgan fingerprint density at radius 2 is 1.64 bits per heavy atom. The van der Waals surface area contributed by atoms with Gasteiger partial charge in [-0.1, -0.05) is 72.4 Å². The number of piperidine rings is 1. The van der Waals surface area contributed by atoms with Crippen LogP contribution < -0.4 is 0 Å². The lowest BCUT2D eigenvalue weighted by atomic mass is 9.76. The van der Waals surface area contributed by atoms with Crippen molar-refractivity contribution in [2.24, 2.45) is 10.4 Å². The van der Waals surface area contributed by atoms with Gasteiger partial charge in [0.25, 0.3) is 0 Å². The van der Waals surface area contributed by atoms with Crippen molar-refractivity contribution in [3.05, 3.63) is 71.8 Å². The molecule has 2 aromatic carbocycles. The quantitative estimate of drug-likeness (QED) is 0.866. The van der Waals surface area contributed by atoms with Gasteiger partial charge < -0.3 is 10.0 Å². The average Bonchev–Trinajstić information content (AvgIpc) is 3.08. The van der Waals surface area contributed by atoms with Gasteiger partial charge in [0.05, 0.1) is 5.75 Å². The van der Waals surface area contributed by atoms with Crippen molar-refractivity contribution in [1.29, 1.82) is 0 Å². The average molecular weight is 394 g/mol. The number of thioether (sulfide) groups is 1. The fourth-order valence-corrected chi connectivity index (χ4v) is 5.90. The summed E-state index contributed by atoms with van der Waals surface area (Å²) in [6.07, 6.45) is 2.28. The summed E-state index contributed by atoms with van der Waals surface area (Å²) in [7, 11) is 0. The molecule has 1 atom stereocenters. The molecule has 0 aliphatic carbocycles. The second-order valence-corrected chi connectivity index (χ2v) is 9.36. The van der Waals surface area contributed by atoms with Crippen molar-refractivity contribution in [1.82, 2.24) is 9.80 Å². The van der Waals surface area contributed by atoms with E-state index >= 15 is 0 Å². The second-order valence-electron chi connectivity index (χ2n) is 8.42. The van der Waals surface area contributed by atoms with Crippen LogP contribution in [-0.2, 0) is 12.3 Å². The largest absolute Gasteiger partial charge is 0.366 e. The Labute approximate surface area is 171 Å². The van der Waals surface area contributed by atoms with Gasteiger partial charge >= 0.3 is 0 Å². The van der Waals surface area contributed by atoms with E-state index in [1.165, 1.54) is 5.56 Å². The van der Waals surface area contributed by atoms with E-state index in [1.807, 2.05) is 30.3 Å². The van der Waals surface area contributed by atoms with E-state index in [-0.39, 0.29) is 5.41 Å². The summed E-state index contributed by atoms with van der Waals surface area (Å²) in [5.41, 5.74) is 1.62. The Morgan fingerprint density at radius 1 is 0.964 bits per heavy atom. The first-order valence-electron chi connectivity index (χ1n) is 10.2. The highest BCUT2D eigenvalue weighted by Crippen LogP contribution is 2.46. The number of hydrogen-bond donors (Lipinski definition) is 1. The molecule has 0 bridgehead atoms. The molecule has 28 heavy (non-hydrogen) atoms. The second kappa shape index (κ2) is 7.21. The first-order chi connectivity index (χ1) is 13.7. The molecule has 2 saturated heterocycles. The summed E-state index contributed by atoms with van der Waals surface area (Å²) in [5.74, 6) is 0.659. The number of aliphatic imine (C=N–C) groups is 1. The Morgan fingerprint density at radius 3 is 2.36 bits per heavy atom. The molecule has 3 aliphatic heterocycles. The first-order valence-corrected chi connectivity index (χ1v) is 11.1. The van der Waals surface area contributed by atoms with Crippen LogP contribution in [0.1, 0.15) is 24.0 Å². The van der Waals surface area contributed by atoms with Crippen LogP contribution in [0.25, 0.3) is 0 Å². The zero-order valence-corrected chi connectivity index (χ0v) is 16.9.